The molecule has 1 aromatic heterocycles. The van der Waals surface area contributed by atoms with Gasteiger partial charge in [0.05, 0.1) is 24.2 Å². The van der Waals surface area contributed by atoms with Crippen molar-refractivity contribution in [2.45, 2.75) is 0 Å². The highest BCUT2D eigenvalue weighted by molar-refractivity contribution is 6.04. The molecule has 2 heterocycles. The smallest absolute Gasteiger partial charge is 0.336 e. The van der Waals surface area contributed by atoms with Crippen molar-refractivity contribution in [2.24, 2.45) is 0 Å². The molecule has 0 saturated carbocycles. The number of nitrogens with zero attached hydrogens (tertiary/aromatic N) is 2. The Kier molecular flexibility index (Phi) is 3.02. The highest BCUT2D eigenvalue weighted by Gasteiger charge is 2.23. The summed E-state index contributed by atoms with van der Waals surface area (Å²) in [5.74, 6) is -1.32. The number of carboxylic acids is 1. The van der Waals surface area contributed by atoms with Gasteiger partial charge in [-0.25, -0.2) is 9.78 Å². The van der Waals surface area contributed by atoms with Crippen molar-refractivity contribution in [2.75, 3.05) is 18.0 Å². The number of pyridine rings is 1. The van der Waals surface area contributed by atoms with Crippen LogP contribution in [0, 0.1) is 0 Å². The molecule has 7 nitrogen and oxygen atoms in total. The van der Waals surface area contributed by atoms with Crippen LogP contribution in [0.4, 0.5) is 5.82 Å². The van der Waals surface area contributed by atoms with Crippen LogP contribution in [0.15, 0.2) is 30.3 Å². The van der Waals surface area contributed by atoms with Crippen LogP contribution in [-0.4, -0.2) is 41.0 Å². The Hall–Kier alpha value is -2.96. The normalized spacial score (nSPS) is 15.1. The summed E-state index contributed by atoms with van der Waals surface area (Å²) in [5, 5.41) is 11.9. The van der Waals surface area contributed by atoms with Crippen LogP contribution in [-0.2, 0) is 9.59 Å². The number of carbonyl (C=O) groups excluding carboxylic acids is 2. The molecule has 2 amide bonds. The highest BCUT2D eigenvalue weighted by Crippen LogP contribution is 2.21. The maximum absolute atomic E-state index is 11.4. The number of hydrogen-bond donors (Lipinski definition) is 2. The minimum Gasteiger partial charge on any atom is -0.478 e. The number of hydrogen-bond acceptors (Lipinski definition) is 5. The summed E-state index contributed by atoms with van der Waals surface area (Å²) in [6.45, 7) is 0.0890. The Bertz CT molecular complexity index is 756. The van der Waals surface area contributed by atoms with Crippen LogP contribution in [0.1, 0.15) is 10.4 Å². The van der Waals surface area contributed by atoms with E-state index in [2.05, 4.69) is 10.3 Å². The van der Waals surface area contributed by atoms with Crippen molar-refractivity contribution >= 4 is 34.5 Å². The number of carboxylic acid groups (broad SMARTS) is 1. The van der Waals surface area contributed by atoms with Crippen LogP contribution in [0.2, 0.25) is 0 Å². The fourth-order valence-corrected chi connectivity index (χ4v) is 2.31. The Morgan fingerprint density at radius 3 is 2.52 bits per heavy atom. The van der Waals surface area contributed by atoms with Crippen molar-refractivity contribution < 1.29 is 19.5 Å². The predicted octanol–water partition coefficient (Wildman–Crippen LogP) is 0.396. The van der Waals surface area contributed by atoms with Gasteiger partial charge in [0.25, 0.3) is 0 Å². The third-order valence-corrected chi connectivity index (χ3v) is 3.22. The number of rotatable bonds is 2. The number of imide groups is 1. The van der Waals surface area contributed by atoms with Crippen LogP contribution >= 0.6 is 0 Å². The van der Waals surface area contributed by atoms with Crippen molar-refractivity contribution in [1.82, 2.24) is 10.3 Å². The molecule has 2 aromatic rings. The first kappa shape index (κ1) is 13.0. The lowest BCUT2D eigenvalue weighted by molar-refractivity contribution is -0.130. The monoisotopic (exact) mass is 285 g/mol. The molecule has 0 unspecified atom stereocenters. The lowest BCUT2D eigenvalue weighted by Gasteiger charge is -2.26. The molecule has 1 fully saturated rings. The Balaban J connectivity index is 2.04. The first-order valence-corrected chi connectivity index (χ1v) is 6.25. The molecule has 0 atom stereocenters. The van der Waals surface area contributed by atoms with Crippen molar-refractivity contribution in [3.05, 3.63) is 35.9 Å². The van der Waals surface area contributed by atoms with Gasteiger partial charge in [-0.05, 0) is 24.3 Å². The molecule has 0 aliphatic carbocycles. The van der Waals surface area contributed by atoms with Gasteiger partial charge in [-0.2, -0.15) is 0 Å². The zero-order valence-corrected chi connectivity index (χ0v) is 10.9. The van der Waals surface area contributed by atoms with Crippen LogP contribution in [0.25, 0.3) is 10.9 Å². The summed E-state index contributed by atoms with van der Waals surface area (Å²) in [6, 6.07) is 8.05. The molecule has 1 aliphatic heterocycles. The van der Waals surface area contributed by atoms with E-state index in [1.54, 1.807) is 29.2 Å². The second-order valence-electron chi connectivity index (χ2n) is 4.67. The third kappa shape index (κ3) is 2.40. The van der Waals surface area contributed by atoms with Gasteiger partial charge in [0, 0.05) is 5.39 Å². The number of piperazine rings is 1. The van der Waals surface area contributed by atoms with E-state index in [0.29, 0.717) is 16.7 Å². The van der Waals surface area contributed by atoms with E-state index in [1.165, 1.54) is 6.07 Å². The minimum absolute atomic E-state index is 0.0445. The number of aromatic carboxylic acids is 1. The largest absolute Gasteiger partial charge is 0.478 e. The van der Waals surface area contributed by atoms with Crippen molar-refractivity contribution in [1.29, 1.82) is 0 Å². The summed E-state index contributed by atoms with van der Waals surface area (Å²) in [4.78, 5) is 39.8. The number of aromatic nitrogens is 1. The van der Waals surface area contributed by atoms with E-state index in [4.69, 9.17) is 5.11 Å². The Morgan fingerprint density at radius 2 is 1.86 bits per heavy atom. The zero-order chi connectivity index (χ0) is 15.0. The highest BCUT2D eigenvalue weighted by atomic mass is 16.4. The number of benzene rings is 1. The SMILES string of the molecule is O=C1CN(c2ccc3c(C(=O)O)cccc3n2)CC(=O)N1. The molecule has 106 valence electrons. The third-order valence-electron chi connectivity index (χ3n) is 3.22. The molecular formula is C14H11N3O4. The summed E-state index contributed by atoms with van der Waals surface area (Å²) in [6.07, 6.45) is 0. The van der Waals surface area contributed by atoms with Crippen LogP contribution in [0.3, 0.4) is 0 Å². The fourth-order valence-electron chi connectivity index (χ4n) is 2.31. The van der Waals surface area contributed by atoms with Gasteiger partial charge in [0.2, 0.25) is 11.8 Å². The average Bonchev–Trinajstić information content (AvgIpc) is 2.44. The lowest BCUT2D eigenvalue weighted by atomic mass is 10.1. The number of amides is 2. The van der Waals surface area contributed by atoms with E-state index in [9.17, 15) is 14.4 Å². The number of carbonyl (C=O) groups is 3. The molecule has 2 N–H and O–H groups in total. The minimum atomic E-state index is -1.03. The number of nitrogens with one attached hydrogen (secondary N) is 1. The predicted molar refractivity (Wildman–Crippen MR) is 74.1 cm³/mol. The summed E-state index contributed by atoms with van der Waals surface area (Å²) < 4.78 is 0. The maximum atomic E-state index is 11.4. The second kappa shape index (κ2) is 4.86. The van der Waals surface area contributed by atoms with Gasteiger partial charge in [-0.1, -0.05) is 6.07 Å². The second-order valence-corrected chi connectivity index (χ2v) is 4.67. The van der Waals surface area contributed by atoms with Gasteiger partial charge in [-0.15, -0.1) is 0 Å². The van der Waals surface area contributed by atoms with Crippen molar-refractivity contribution in [3.63, 3.8) is 0 Å². The quantitative estimate of drug-likeness (QED) is 0.775. The van der Waals surface area contributed by atoms with Gasteiger partial charge >= 0.3 is 5.97 Å². The molecule has 3 rings (SSSR count). The average molecular weight is 285 g/mol. The van der Waals surface area contributed by atoms with Gasteiger partial charge < -0.3 is 10.0 Å². The molecule has 0 bridgehead atoms. The molecule has 1 aromatic carbocycles. The van der Waals surface area contributed by atoms with Crippen LogP contribution in [0.5, 0.6) is 0 Å². The van der Waals surface area contributed by atoms with Crippen molar-refractivity contribution in [3.8, 4) is 0 Å². The molecule has 1 saturated heterocycles. The molecule has 0 radical (unpaired) electrons. The summed E-state index contributed by atoms with van der Waals surface area (Å²) in [5.41, 5.74) is 0.671. The first-order valence-electron chi connectivity index (χ1n) is 6.25. The summed E-state index contributed by atoms with van der Waals surface area (Å²) in [7, 11) is 0. The maximum Gasteiger partial charge on any atom is 0.336 e. The van der Waals surface area contributed by atoms with Crippen LogP contribution < -0.4 is 10.2 Å². The molecule has 1 aliphatic rings. The Morgan fingerprint density at radius 1 is 1.14 bits per heavy atom. The fraction of sp³-hybridized carbons (Fsp3) is 0.143. The molecule has 7 heteroatoms. The topological polar surface area (TPSA) is 99.6 Å². The van der Waals surface area contributed by atoms with E-state index in [1.807, 2.05) is 0 Å². The van der Waals surface area contributed by atoms with E-state index >= 15 is 0 Å². The number of fused-ring (bicyclic) bond motifs is 1. The molecule has 21 heavy (non-hydrogen) atoms. The van der Waals surface area contributed by atoms with Gasteiger partial charge in [-0.3, -0.25) is 14.9 Å². The van der Waals surface area contributed by atoms with E-state index in [0.717, 1.165) is 0 Å². The molecule has 0 spiro atoms. The van der Waals surface area contributed by atoms with E-state index < -0.39 is 5.97 Å². The lowest BCUT2D eigenvalue weighted by Crippen LogP contribution is -2.51. The Labute approximate surface area is 119 Å². The molecular weight excluding hydrogens is 274 g/mol. The van der Waals surface area contributed by atoms with Gasteiger partial charge in [0.1, 0.15) is 5.82 Å². The van der Waals surface area contributed by atoms with Gasteiger partial charge in [0.15, 0.2) is 0 Å². The van der Waals surface area contributed by atoms with E-state index in [-0.39, 0.29) is 30.5 Å². The zero-order valence-electron chi connectivity index (χ0n) is 10.9. The standard InChI is InChI=1S/C14H11N3O4/c18-12-6-17(7-13(19)16-12)11-5-4-8-9(14(20)21)2-1-3-10(8)15-11/h1-5H,6-7H2,(H,20,21)(H,16,18,19). The number of anilines is 1. The first-order chi connectivity index (χ1) is 10.0. The summed E-state index contributed by atoms with van der Waals surface area (Å²) >= 11 is 0.